The van der Waals surface area contributed by atoms with Crippen molar-refractivity contribution in [1.82, 2.24) is 19.7 Å². The second-order valence-electron chi connectivity index (χ2n) is 9.17. The highest BCUT2D eigenvalue weighted by Crippen LogP contribution is 2.27. The van der Waals surface area contributed by atoms with Gasteiger partial charge in [0.05, 0.1) is 26.9 Å². The van der Waals surface area contributed by atoms with E-state index in [1.165, 1.54) is 6.26 Å². The molecule has 9 nitrogen and oxygen atoms in total. The maximum absolute atomic E-state index is 12.8. The van der Waals surface area contributed by atoms with Crippen LogP contribution in [0, 0.1) is 0 Å². The van der Waals surface area contributed by atoms with E-state index in [4.69, 9.17) is 13.9 Å². The van der Waals surface area contributed by atoms with E-state index in [9.17, 15) is 9.90 Å². The molecule has 1 atom stereocenters. The zero-order valence-electron chi connectivity index (χ0n) is 21.5. The number of ether oxygens (including phenoxy) is 2. The molecule has 1 amide bonds. The molecular weight excluding hydrogens is 448 g/mol. The molecule has 0 spiro atoms. The smallest absolute Gasteiger partial charge is 0.275 e. The van der Waals surface area contributed by atoms with Gasteiger partial charge in [-0.15, -0.1) is 0 Å². The van der Waals surface area contributed by atoms with Gasteiger partial charge in [0.1, 0.15) is 6.26 Å². The first kappa shape index (κ1) is 27.0. The number of hydrogen-bond acceptors (Lipinski definition) is 8. The molecule has 35 heavy (non-hydrogen) atoms. The normalized spacial score (nSPS) is 15.7. The van der Waals surface area contributed by atoms with Crippen molar-refractivity contribution in [2.45, 2.75) is 45.3 Å². The van der Waals surface area contributed by atoms with Crippen molar-refractivity contribution in [3.05, 3.63) is 41.6 Å². The molecule has 1 saturated heterocycles. The molecule has 1 aromatic heterocycles. The number of benzene rings is 1. The zero-order valence-corrected chi connectivity index (χ0v) is 21.5. The monoisotopic (exact) mass is 488 g/mol. The lowest BCUT2D eigenvalue weighted by molar-refractivity contribution is 0.0627. The SMILES string of the molecule is CCCCC(O)CN1CCN(Cc2nc(C(=O)N(C)CCc3ccc(OC)c(OC)c3)co2)CC1. The number of oxazole rings is 1. The van der Waals surface area contributed by atoms with Gasteiger partial charge in [-0.1, -0.05) is 25.8 Å². The number of hydrogen-bond donors (Lipinski definition) is 1. The maximum atomic E-state index is 12.8. The lowest BCUT2D eigenvalue weighted by Crippen LogP contribution is -2.48. The average Bonchev–Trinajstić information content (AvgIpc) is 3.34. The molecule has 1 aromatic carbocycles. The van der Waals surface area contributed by atoms with E-state index in [0.29, 0.717) is 42.6 Å². The number of piperazine rings is 1. The number of carbonyl (C=O) groups is 1. The van der Waals surface area contributed by atoms with E-state index < -0.39 is 0 Å². The lowest BCUT2D eigenvalue weighted by atomic mass is 10.1. The van der Waals surface area contributed by atoms with E-state index in [1.807, 2.05) is 18.2 Å². The summed E-state index contributed by atoms with van der Waals surface area (Å²) in [5, 5.41) is 10.2. The standard InChI is InChI=1S/C26H40N4O5/c1-5-6-7-21(31)17-29-12-14-30(15-13-29)18-25-27-22(19-35-25)26(32)28(2)11-10-20-8-9-23(33-3)24(16-20)34-4/h8-9,16,19,21,31H,5-7,10-15,17-18H2,1-4H3. The number of aromatic nitrogens is 1. The molecule has 1 N–H and O–H groups in total. The average molecular weight is 489 g/mol. The van der Waals surface area contributed by atoms with Crippen LogP contribution in [0.25, 0.3) is 0 Å². The number of unbranched alkanes of at least 4 members (excludes halogenated alkanes) is 1. The number of likely N-dealkylation sites (N-methyl/N-ethyl adjacent to an activating group) is 1. The quantitative estimate of drug-likeness (QED) is 0.460. The van der Waals surface area contributed by atoms with Gasteiger partial charge in [-0.25, -0.2) is 4.98 Å². The van der Waals surface area contributed by atoms with Crippen molar-refractivity contribution in [2.75, 3.05) is 60.5 Å². The number of carbonyl (C=O) groups excluding carboxylic acids is 1. The Morgan fingerprint density at radius 1 is 1.17 bits per heavy atom. The summed E-state index contributed by atoms with van der Waals surface area (Å²) in [5.74, 6) is 1.75. The van der Waals surface area contributed by atoms with Crippen LogP contribution in [0.5, 0.6) is 11.5 Å². The van der Waals surface area contributed by atoms with Gasteiger partial charge in [0.25, 0.3) is 5.91 Å². The summed E-state index contributed by atoms with van der Waals surface area (Å²) in [6.45, 7) is 7.60. The Morgan fingerprint density at radius 3 is 2.57 bits per heavy atom. The molecular formula is C26H40N4O5. The third-order valence-electron chi connectivity index (χ3n) is 6.49. The Kier molecular flexibility index (Phi) is 10.4. The van der Waals surface area contributed by atoms with Crippen LogP contribution < -0.4 is 9.47 Å². The van der Waals surface area contributed by atoms with Gasteiger partial charge in [0.2, 0.25) is 5.89 Å². The first-order valence-electron chi connectivity index (χ1n) is 12.5. The first-order chi connectivity index (χ1) is 16.9. The van der Waals surface area contributed by atoms with E-state index >= 15 is 0 Å². The minimum Gasteiger partial charge on any atom is -0.493 e. The van der Waals surface area contributed by atoms with E-state index in [0.717, 1.165) is 57.5 Å². The molecule has 1 unspecified atom stereocenters. The minimum absolute atomic E-state index is 0.161. The van der Waals surface area contributed by atoms with Crippen LogP contribution >= 0.6 is 0 Å². The van der Waals surface area contributed by atoms with Crippen LogP contribution in [0.2, 0.25) is 0 Å². The summed E-state index contributed by atoms with van der Waals surface area (Å²) in [4.78, 5) is 23.5. The molecule has 2 aromatic rings. The molecule has 194 valence electrons. The van der Waals surface area contributed by atoms with E-state index in [2.05, 4.69) is 21.7 Å². The number of methoxy groups -OCH3 is 2. The topological polar surface area (TPSA) is 91.5 Å². The van der Waals surface area contributed by atoms with E-state index in [-0.39, 0.29) is 12.0 Å². The highest BCUT2D eigenvalue weighted by atomic mass is 16.5. The largest absolute Gasteiger partial charge is 0.493 e. The highest BCUT2D eigenvalue weighted by Gasteiger charge is 2.22. The lowest BCUT2D eigenvalue weighted by Gasteiger charge is -2.35. The van der Waals surface area contributed by atoms with Gasteiger partial charge in [-0.05, 0) is 30.5 Å². The van der Waals surface area contributed by atoms with Crippen molar-refractivity contribution < 1.29 is 23.8 Å². The van der Waals surface area contributed by atoms with E-state index in [1.54, 1.807) is 26.2 Å². The first-order valence-corrected chi connectivity index (χ1v) is 12.5. The van der Waals surface area contributed by atoms with Crippen LogP contribution in [0.1, 0.15) is 48.1 Å². The number of rotatable bonds is 13. The maximum Gasteiger partial charge on any atom is 0.275 e. The van der Waals surface area contributed by atoms with Gasteiger partial charge in [-0.2, -0.15) is 0 Å². The highest BCUT2D eigenvalue weighted by molar-refractivity contribution is 5.91. The van der Waals surface area contributed by atoms with Gasteiger partial charge >= 0.3 is 0 Å². The molecule has 3 rings (SSSR count). The van der Waals surface area contributed by atoms with Crippen molar-refractivity contribution >= 4 is 5.91 Å². The van der Waals surface area contributed by atoms with Crippen molar-refractivity contribution in [3.8, 4) is 11.5 Å². The summed E-state index contributed by atoms with van der Waals surface area (Å²) in [5.41, 5.74) is 1.38. The molecule has 0 aliphatic carbocycles. The third kappa shape index (κ3) is 7.95. The fourth-order valence-electron chi connectivity index (χ4n) is 4.26. The predicted molar refractivity (Wildman–Crippen MR) is 134 cm³/mol. The summed E-state index contributed by atoms with van der Waals surface area (Å²) in [7, 11) is 4.99. The Hall–Kier alpha value is -2.62. The van der Waals surface area contributed by atoms with Gasteiger partial charge in [0.15, 0.2) is 17.2 Å². The van der Waals surface area contributed by atoms with Gasteiger partial charge in [0, 0.05) is 46.3 Å². The predicted octanol–water partition coefficient (Wildman–Crippen LogP) is 2.68. The molecule has 0 bridgehead atoms. The number of amides is 1. The third-order valence-corrected chi connectivity index (χ3v) is 6.49. The molecule has 0 saturated carbocycles. The number of aliphatic hydroxyl groups is 1. The van der Waals surface area contributed by atoms with Crippen LogP contribution in [0.4, 0.5) is 0 Å². The summed E-state index contributed by atoms with van der Waals surface area (Å²) in [6.07, 6.45) is 4.93. The molecule has 0 radical (unpaired) electrons. The minimum atomic E-state index is -0.245. The van der Waals surface area contributed by atoms with Crippen LogP contribution in [0.15, 0.2) is 28.9 Å². The molecule has 1 aliphatic heterocycles. The molecule has 9 heteroatoms. The van der Waals surface area contributed by atoms with Crippen LogP contribution in [-0.4, -0.2) is 97.3 Å². The Labute approximate surface area is 208 Å². The molecule has 2 heterocycles. The zero-order chi connectivity index (χ0) is 25.2. The second kappa shape index (κ2) is 13.5. The number of β-amino-alcohol motifs (C(OH)–C–C–N with tert-alkyl or cyclic N) is 1. The molecule has 1 fully saturated rings. The van der Waals surface area contributed by atoms with Gasteiger partial charge in [-0.3, -0.25) is 14.6 Å². The van der Waals surface area contributed by atoms with Crippen molar-refractivity contribution in [3.63, 3.8) is 0 Å². The number of nitrogens with zero attached hydrogens (tertiary/aromatic N) is 4. The summed E-state index contributed by atoms with van der Waals surface area (Å²) >= 11 is 0. The Balaban J connectivity index is 1.44. The Bertz CT molecular complexity index is 926. The summed E-state index contributed by atoms with van der Waals surface area (Å²) < 4.78 is 16.2. The van der Waals surface area contributed by atoms with Gasteiger partial charge < -0.3 is 23.9 Å². The number of aliphatic hydroxyl groups excluding tert-OH is 1. The summed E-state index contributed by atoms with van der Waals surface area (Å²) in [6, 6.07) is 5.77. The van der Waals surface area contributed by atoms with Crippen LogP contribution in [-0.2, 0) is 13.0 Å². The van der Waals surface area contributed by atoms with Crippen molar-refractivity contribution in [1.29, 1.82) is 0 Å². The van der Waals surface area contributed by atoms with Crippen LogP contribution in [0.3, 0.4) is 0 Å². The fraction of sp³-hybridized carbons (Fsp3) is 0.615. The van der Waals surface area contributed by atoms with Crippen molar-refractivity contribution in [2.24, 2.45) is 0 Å². The fourth-order valence-corrected chi connectivity index (χ4v) is 4.26. The Morgan fingerprint density at radius 2 is 1.89 bits per heavy atom. The molecule has 1 aliphatic rings. The second-order valence-corrected chi connectivity index (χ2v) is 9.17.